The van der Waals surface area contributed by atoms with Crippen molar-refractivity contribution in [3.05, 3.63) is 87.9 Å². The Bertz CT molecular complexity index is 1120. The number of ether oxygens (including phenoxy) is 1. The zero-order valence-corrected chi connectivity index (χ0v) is 19.4. The van der Waals surface area contributed by atoms with Crippen molar-refractivity contribution in [2.24, 2.45) is 4.40 Å². The zero-order chi connectivity index (χ0) is 20.9. The summed E-state index contributed by atoms with van der Waals surface area (Å²) in [5, 5.41) is 0.964. The van der Waals surface area contributed by atoms with Crippen molar-refractivity contribution in [3.63, 3.8) is 0 Å². The number of nitrogens with zero attached hydrogens (tertiary/aromatic N) is 1. The normalized spacial score (nSPS) is 12.0. The van der Waals surface area contributed by atoms with Crippen LogP contribution in [0.3, 0.4) is 0 Å². The summed E-state index contributed by atoms with van der Waals surface area (Å²) < 4.78 is 36.7. The van der Waals surface area contributed by atoms with E-state index >= 15 is 0 Å². The Morgan fingerprint density at radius 1 is 1.07 bits per heavy atom. The van der Waals surface area contributed by atoms with Crippen LogP contribution in [0.4, 0.5) is 0 Å². The zero-order valence-electron chi connectivity index (χ0n) is 15.4. The number of benzene rings is 3. The van der Waals surface area contributed by atoms with Gasteiger partial charge in [-0.05, 0) is 49.4 Å². The highest BCUT2D eigenvalue weighted by Gasteiger charge is 2.22. The first-order chi connectivity index (χ1) is 13.9. The van der Waals surface area contributed by atoms with Crippen LogP contribution in [0.5, 0.6) is 5.75 Å². The van der Waals surface area contributed by atoms with Gasteiger partial charge < -0.3 is 4.74 Å². The summed E-state index contributed by atoms with van der Waals surface area (Å²) in [5.74, 6) is 0.267. The first-order valence-corrected chi connectivity index (χ1v) is 12.1. The molecule has 0 atom stereocenters. The third kappa shape index (κ3) is 5.85. The summed E-state index contributed by atoms with van der Waals surface area (Å²) in [6.45, 7) is 2.15. The third-order valence-corrected chi connectivity index (χ3v) is 6.92. The summed E-state index contributed by atoms with van der Waals surface area (Å²) in [6.07, 6.45) is 0. The molecule has 0 fully saturated rings. The summed E-state index contributed by atoms with van der Waals surface area (Å²) in [5.41, 5.74) is 0.698. The molecule has 0 bridgehead atoms. The van der Waals surface area contributed by atoms with Gasteiger partial charge in [0.1, 0.15) is 15.7 Å². The van der Waals surface area contributed by atoms with E-state index in [1.54, 1.807) is 31.2 Å². The van der Waals surface area contributed by atoms with Crippen molar-refractivity contribution in [3.8, 4) is 5.75 Å². The molecule has 0 aliphatic carbocycles. The minimum absolute atomic E-state index is 0.0128. The van der Waals surface area contributed by atoms with E-state index in [9.17, 15) is 8.42 Å². The van der Waals surface area contributed by atoms with Gasteiger partial charge in [-0.1, -0.05) is 69.6 Å². The standard InChI is InChI=1S/C21H17BrClNO3S2/c1-2-27-19-13-8-16(22)14-20(19)29(25,26)24-21(15-6-4-3-5-7-15)28-18-11-9-17(23)10-12-18/h3-14H,2H2,1H3. The fourth-order valence-corrected chi connectivity index (χ4v) is 5.35. The summed E-state index contributed by atoms with van der Waals surface area (Å²) in [4.78, 5) is 0.838. The van der Waals surface area contributed by atoms with Crippen LogP contribution in [0, 0.1) is 0 Å². The second kappa shape index (κ2) is 9.80. The highest BCUT2D eigenvalue weighted by atomic mass is 79.9. The lowest BCUT2D eigenvalue weighted by Crippen LogP contribution is -2.06. The Hall–Kier alpha value is -1.80. The van der Waals surface area contributed by atoms with E-state index in [1.807, 2.05) is 42.5 Å². The van der Waals surface area contributed by atoms with Crippen LogP contribution in [0.15, 0.2) is 91.5 Å². The van der Waals surface area contributed by atoms with Gasteiger partial charge in [0.15, 0.2) is 0 Å². The van der Waals surface area contributed by atoms with Crippen LogP contribution in [0.25, 0.3) is 0 Å². The fourth-order valence-electron chi connectivity index (χ4n) is 2.44. The van der Waals surface area contributed by atoms with E-state index in [1.165, 1.54) is 17.8 Å². The molecule has 0 aromatic heterocycles. The van der Waals surface area contributed by atoms with Gasteiger partial charge in [-0.3, -0.25) is 0 Å². The van der Waals surface area contributed by atoms with E-state index in [0.717, 1.165) is 4.90 Å². The lowest BCUT2D eigenvalue weighted by molar-refractivity contribution is 0.331. The van der Waals surface area contributed by atoms with Crippen molar-refractivity contribution in [1.82, 2.24) is 0 Å². The number of hydrogen-bond acceptors (Lipinski definition) is 4. The largest absolute Gasteiger partial charge is 0.492 e. The van der Waals surface area contributed by atoms with Gasteiger partial charge in [0.2, 0.25) is 0 Å². The van der Waals surface area contributed by atoms with E-state index in [4.69, 9.17) is 16.3 Å². The molecule has 3 aromatic carbocycles. The fraction of sp³-hybridized carbons (Fsp3) is 0.0952. The molecule has 8 heteroatoms. The second-order valence-electron chi connectivity index (χ2n) is 5.82. The molecule has 0 heterocycles. The number of halogens is 2. The minimum Gasteiger partial charge on any atom is -0.492 e. The SMILES string of the molecule is CCOc1ccc(Br)cc1S(=O)(=O)N=C(Sc1ccc(Cl)cc1)c1ccccc1. The van der Waals surface area contributed by atoms with Gasteiger partial charge >= 0.3 is 0 Å². The van der Waals surface area contributed by atoms with E-state index in [-0.39, 0.29) is 10.6 Å². The monoisotopic (exact) mass is 509 g/mol. The quantitative estimate of drug-likeness (QED) is 0.218. The van der Waals surface area contributed by atoms with Crippen molar-refractivity contribution in [2.75, 3.05) is 6.61 Å². The highest BCUT2D eigenvalue weighted by Crippen LogP contribution is 2.32. The average Bonchev–Trinajstić information content (AvgIpc) is 2.71. The Kier molecular flexibility index (Phi) is 7.40. The summed E-state index contributed by atoms with van der Waals surface area (Å²) >= 11 is 10.5. The average molecular weight is 511 g/mol. The van der Waals surface area contributed by atoms with Crippen LogP contribution >= 0.6 is 39.3 Å². The molecule has 3 aromatic rings. The predicted molar refractivity (Wildman–Crippen MR) is 123 cm³/mol. The lowest BCUT2D eigenvalue weighted by atomic mass is 10.2. The molecule has 0 amide bonds. The van der Waals surface area contributed by atoms with Crippen LogP contribution < -0.4 is 4.74 Å². The van der Waals surface area contributed by atoms with Crippen molar-refractivity contribution in [2.45, 2.75) is 16.7 Å². The molecule has 29 heavy (non-hydrogen) atoms. The number of sulfonamides is 1. The summed E-state index contributed by atoms with van der Waals surface area (Å²) in [7, 11) is -4.03. The topological polar surface area (TPSA) is 55.7 Å². The number of thioether (sulfide) groups is 1. The maximum absolute atomic E-state index is 13.2. The Morgan fingerprint density at radius 2 is 1.76 bits per heavy atom. The molecule has 0 unspecified atom stereocenters. The number of rotatable bonds is 6. The Balaban J connectivity index is 2.09. The van der Waals surface area contributed by atoms with Crippen molar-refractivity contribution < 1.29 is 13.2 Å². The lowest BCUT2D eigenvalue weighted by Gasteiger charge is -2.11. The van der Waals surface area contributed by atoms with Gasteiger partial charge in [-0.25, -0.2) is 0 Å². The van der Waals surface area contributed by atoms with Gasteiger partial charge in [-0.2, -0.15) is 12.8 Å². The van der Waals surface area contributed by atoms with E-state index < -0.39 is 10.0 Å². The van der Waals surface area contributed by atoms with Crippen molar-refractivity contribution >= 4 is 54.4 Å². The second-order valence-corrected chi connectivity index (χ2v) is 9.80. The van der Waals surface area contributed by atoms with Crippen LogP contribution in [0.1, 0.15) is 12.5 Å². The molecule has 0 spiro atoms. The van der Waals surface area contributed by atoms with Gasteiger partial charge in [-0.15, -0.1) is 0 Å². The van der Waals surface area contributed by atoms with Crippen LogP contribution in [-0.4, -0.2) is 20.1 Å². The molecule has 0 aliphatic rings. The minimum atomic E-state index is -4.03. The Labute approximate surface area is 188 Å². The van der Waals surface area contributed by atoms with Gasteiger partial charge in [0, 0.05) is 20.0 Å². The van der Waals surface area contributed by atoms with Crippen LogP contribution in [-0.2, 0) is 10.0 Å². The molecular formula is C21H17BrClNO3S2. The highest BCUT2D eigenvalue weighted by molar-refractivity contribution is 9.10. The third-order valence-electron chi connectivity index (χ3n) is 3.74. The van der Waals surface area contributed by atoms with E-state index in [2.05, 4.69) is 20.3 Å². The molecule has 0 N–H and O–H groups in total. The smallest absolute Gasteiger partial charge is 0.287 e. The molecule has 0 radical (unpaired) electrons. The van der Waals surface area contributed by atoms with Gasteiger partial charge in [0.25, 0.3) is 10.0 Å². The van der Waals surface area contributed by atoms with E-state index in [0.29, 0.717) is 26.7 Å². The first-order valence-electron chi connectivity index (χ1n) is 8.65. The van der Waals surface area contributed by atoms with Gasteiger partial charge in [0.05, 0.1) is 6.61 Å². The number of hydrogen-bond donors (Lipinski definition) is 0. The van der Waals surface area contributed by atoms with Crippen molar-refractivity contribution in [1.29, 1.82) is 0 Å². The molecule has 4 nitrogen and oxygen atoms in total. The summed E-state index contributed by atoms with van der Waals surface area (Å²) in [6, 6.07) is 21.2. The first kappa shape index (κ1) is 21.9. The molecule has 0 saturated carbocycles. The maximum Gasteiger partial charge on any atom is 0.287 e. The Morgan fingerprint density at radius 3 is 2.41 bits per heavy atom. The predicted octanol–water partition coefficient (Wildman–Crippen LogP) is 6.43. The maximum atomic E-state index is 13.2. The molecule has 0 aliphatic heterocycles. The molecular weight excluding hydrogens is 494 g/mol. The molecule has 3 rings (SSSR count). The molecule has 0 saturated heterocycles. The van der Waals surface area contributed by atoms with Crippen LogP contribution in [0.2, 0.25) is 5.02 Å². The molecule has 150 valence electrons.